The summed E-state index contributed by atoms with van der Waals surface area (Å²) in [4.78, 5) is 14.3. The van der Waals surface area contributed by atoms with Gasteiger partial charge in [-0.3, -0.25) is 4.79 Å². The molecule has 2 aromatic carbocycles. The quantitative estimate of drug-likeness (QED) is 0.866. The number of sulfonamides is 1. The van der Waals surface area contributed by atoms with Crippen LogP contribution in [0.2, 0.25) is 0 Å². The van der Waals surface area contributed by atoms with Crippen molar-refractivity contribution in [1.82, 2.24) is 4.72 Å². The lowest BCUT2D eigenvalue weighted by molar-refractivity contribution is -0.117. The molecule has 6 nitrogen and oxygen atoms in total. The molecule has 0 aromatic heterocycles. The molecule has 2 aliphatic rings. The van der Waals surface area contributed by atoms with Crippen LogP contribution in [0.25, 0.3) is 6.08 Å². The van der Waals surface area contributed by atoms with Crippen LogP contribution in [0.15, 0.2) is 60.0 Å². The van der Waals surface area contributed by atoms with Gasteiger partial charge in [0.2, 0.25) is 15.9 Å². The van der Waals surface area contributed by atoms with Crippen molar-refractivity contribution in [3.05, 3.63) is 65.6 Å². The maximum Gasteiger partial charge on any atom is 0.247 e. The molecule has 2 heterocycles. The average molecular weight is 369 g/mol. The highest BCUT2D eigenvalue weighted by Gasteiger charge is 2.41. The van der Waals surface area contributed by atoms with Gasteiger partial charge in [-0.15, -0.1) is 0 Å². The Bertz CT molecular complexity index is 957. The van der Waals surface area contributed by atoms with Crippen LogP contribution in [0.5, 0.6) is 0 Å². The Labute approximate surface area is 152 Å². The van der Waals surface area contributed by atoms with Crippen LogP contribution in [0.3, 0.4) is 0 Å². The molecular weight excluding hydrogens is 350 g/mol. The highest BCUT2D eigenvalue weighted by Crippen LogP contribution is 2.36. The molecule has 1 amide bonds. The molecule has 2 aromatic rings. The number of carbonyl (C=O) groups is 1. The summed E-state index contributed by atoms with van der Waals surface area (Å²) in [7, 11) is -3.59. The van der Waals surface area contributed by atoms with E-state index < -0.39 is 10.0 Å². The Kier molecular flexibility index (Phi) is 4.26. The number of benzene rings is 2. The number of carbonyl (C=O) groups excluding carboxylic acids is 1. The van der Waals surface area contributed by atoms with Gasteiger partial charge in [-0.25, -0.2) is 13.1 Å². The Balaban J connectivity index is 1.49. The molecule has 0 radical (unpaired) electrons. The fraction of sp³-hybridized carbons (Fsp3) is 0.211. The van der Waals surface area contributed by atoms with E-state index in [1.54, 1.807) is 6.08 Å². The summed E-state index contributed by atoms with van der Waals surface area (Å²) in [6.45, 7) is 0.466. The second kappa shape index (κ2) is 6.59. The first-order chi connectivity index (χ1) is 12.5. The Morgan fingerprint density at radius 1 is 1.08 bits per heavy atom. The van der Waals surface area contributed by atoms with E-state index in [2.05, 4.69) is 10.0 Å². The number of anilines is 2. The molecule has 2 aliphatic heterocycles. The van der Waals surface area contributed by atoms with Crippen molar-refractivity contribution >= 4 is 33.4 Å². The number of hydrogen-bond donors (Lipinski definition) is 2. The average Bonchev–Trinajstić information content (AvgIpc) is 3.05. The van der Waals surface area contributed by atoms with Crippen molar-refractivity contribution in [2.24, 2.45) is 0 Å². The van der Waals surface area contributed by atoms with Crippen molar-refractivity contribution in [2.75, 3.05) is 16.8 Å². The minimum absolute atomic E-state index is 0.0924. The molecular formula is C19H19N3O3S. The van der Waals surface area contributed by atoms with Crippen LogP contribution in [0, 0.1) is 0 Å². The first-order valence-electron chi connectivity index (χ1n) is 8.44. The molecule has 2 unspecified atom stereocenters. The Morgan fingerprint density at radius 2 is 1.81 bits per heavy atom. The highest BCUT2D eigenvalue weighted by molar-refractivity contribution is 7.92. The van der Waals surface area contributed by atoms with E-state index in [9.17, 15) is 13.2 Å². The van der Waals surface area contributed by atoms with E-state index in [-0.39, 0.29) is 18.0 Å². The first kappa shape index (κ1) is 16.8. The molecule has 0 spiro atoms. The van der Waals surface area contributed by atoms with Crippen molar-refractivity contribution < 1.29 is 13.2 Å². The molecule has 2 atom stereocenters. The van der Waals surface area contributed by atoms with Gasteiger partial charge >= 0.3 is 0 Å². The van der Waals surface area contributed by atoms with Gasteiger partial charge in [0.1, 0.15) is 6.04 Å². The molecule has 26 heavy (non-hydrogen) atoms. The minimum Gasteiger partial charge on any atom is -0.356 e. The first-order valence-corrected chi connectivity index (χ1v) is 9.98. The second-order valence-electron chi connectivity index (χ2n) is 6.48. The third-order valence-corrected chi connectivity index (χ3v) is 5.80. The third-order valence-electron chi connectivity index (χ3n) is 4.65. The van der Waals surface area contributed by atoms with Gasteiger partial charge in [-0.1, -0.05) is 42.5 Å². The summed E-state index contributed by atoms with van der Waals surface area (Å²) in [6.07, 6.45) is 2.01. The molecule has 2 N–H and O–H groups in total. The van der Waals surface area contributed by atoms with Gasteiger partial charge in [-0.05, 0) is 30.2 Å². The maximum absolute atomic E-state index is 12.4. The molecule has 1 saturated heterocycles. The van der Waals surface area contributed by atoms with Crippen LogP contribution in [-0.2, 0) is 14.8 Å². The van der Waals surface area contributed by atoms with E-state index in [0.29, 0.717) is 13.0 Å². The van der Waals surface area contributed by atoms with Crippen molar-refractivity contribution in [3.63, 3.8) is 0 Å². The standard InChI is InChI=1S/C19H19N3O3S/c23-19-18-12-15(13-22(18)17-9-5-4-8-16(17)20-19)21-26(24,25)11-10-14-6-2-1-3-7-14/h1-11,15,18,21H,12-13H2,(H,20,23). The zero-order valence-electron chi connectivity index (χ0n) is 14.0. The molecule has 134 valence electrons. The lowest BCUT2D eigenvalue weighted by Crippen LogP contribution is -2.43. The number of hydrogen-bond acceptors (Lipinski definition) is 4. The number of rotatable bonds is 4. The molecule has 1 fully saturated rings. The van der Waals surface area contributed by atoms with Gasteiger partial charge in [0.05, 0.1) is 11.4 Å². The van der Waals surface area contributed by atoms with Gasteiger partial charge in [0, 0.05) is 18.0 Å². The Morgan fingerprint density at radius 3 is 2.62 bits per heavy atom. The summed E-state index contributed by atoms with van der Waals surface area (Å²) in [5.74, 6) is -0.0924. The van der Waals surface area contributed by atoms with Gasteiger partial charge in [0.25, 0.3) is 0 Å². The van der Waals surface area contributed by atoms with E-state index in [4.69, 9.17) is 0 Å². The lowest BCUT2D eigenvalue weighted by atomic mass is 10.1. The fourth-order valence-electron chi connectivity index (χ4n) is 3.49. The van der Waals surface area contributed by atoms with Gasteiger partial charge in [0.15, 0.2) is 0 Å². The summed E-state index contributed by atoms with van der Waals surface area (Å²) in [5.41, 5.74) is 2.51. The zero-order chi connectivity index (χ0) is 18.1. The zero-order valence-corrected chi connectivity index (χ0v) is 14.8. The monoisotopic (exact) mass is 369 g/mol. The summed E-state index contributed by atoms with van der Waals surface area (Å²) in [5, 5.41) is 4.06. The highest BCUT2D eigenvalue weighted by atomic mass is 32.2. The van der Waals surface area contributed by atoms with E-state index in [0.717, 1.165) is 16.9 Å². The topological polar surface area (TPSA) is 78.5 Å². The predicted octanol–water partition coefficient (Wildman–Crippen LogP) is 2.18. The van der Waals surface area contributed by atoms with E-state index in [1.165, 1.54) is 5.41 Å². The third kappa shape index (κ3) is 3.36. The summed E-state index contributed by atoms with van der Waals surface area (Å²) >= 11 is 0. The van der Waals surface area contributed by atoms with Gasteiger partial charge in [-0.2, -0.15) is 0 Å². The SMILES string of the molecule is O=C1Nc2ccccc2N2CC(NS(=O)(=O)C=Cc3ccccc3)CC12. The van der Waals surface area contributed by atoms with Crippen LogP contribution in [-0.4, -0.2) is 33.0 Å². The van der Waals surface area contributed by atoms with Crippen molar-refractivity contribution in [1.29, 1.82) is 0 Å². The molecule has 0 aliphatic carbocycles. The molecule has 0 saturated carbocycles. The number of amides is 1. The smallest absolute Gasteiger partial charge is 0.247 e. The number of fused-ring (bicyclic) bond motifs is 3. The normalized spacial score (nSPS) is 22.2. The number of para-hydroxylation sites is 2. The van der Waals surface area contributed by atoms with E-state index >= 15 is 0 Å². The predicted molar refractivity (Wildman–Crippen MR) is 102 cm³/mol. The maximum atomic E-state index is 12.4. The lowest BCUT2D eigenvalue weighted by Gasteiger charge is -2.32. The summed E-state index contributed by atoms with van der Waals surface area (Å²) in [6, 6.07) is 16.1. The van der Waals surface area contributed by atoms with Crippen LogP contribution >= 0.6 is 0 Å². The Hall–Kier alpha value is -2.64. The fourth-order valence-corrected chi connectivity index (χ4v) is 4.54. The number of nitrogens with zero attached hydrogens (tertiary/aromatic N) is 1. The van der Waals surface area contributed by atoms with Gasteiger partial charge < -0.3 is 10.2 Å². The molecule has 7 heteroatoms. The van der Waals surface area contributed by atoms with Crippen LogP contribution in [0.1, 0.15) is 12.0 Å². The molecule has 4 rings (SSSR count). The van der Waals surface area contributed by atoms with Crippen molar-refractivity contribution in [2.45, 2.75) is 18.5 Å². The van der Waals surface area contributed by atoms with E-state index in [1.807, 2.05) is 59.5 Å². The molecule has 0 bridgehead atoms. The van der Waals surface area contributed by atoms with Crippen LogP contribution < -0.4 is 14.9 Å². The van der Waals surface area contributed by atoms with Crippen molar-refractivity contribution in [3.8, 4) is 0 Å². The minimum atomic E-state index is -3.59. The summed E-state index contributed by atoms with van der Waals surface area (Å²) < 4.78 is 27.4. The number of nitrogens with one attached hydrogen (secondary N) is 2. The largest absolute Gasteiger partial charge is 0.356 e. The second-order valence-corrected chi connectivity index (χ2v) is 8.08. The van der Waals surface area contributed by atoms with Crippen LogP contribution in [0.4, 0.5) is 11.4 Å².